The third-order valence-corrected chi connectivity index (χ3v) is 2.85. The van der Waals surface area contributed by atoms with Crippen molar-refractivity contribution in [3.63, 3.8) is 0 Å². The highest BCUT2D eigenvalue weighted by atomic mass is 19.4. The zero-order valence-electron chi connectivity index (χ0n) is 9.04. The fourth-order valence-corrected chi connectivity index (χ4v) is 1.97. The molecule has 1 saturated carbocycles. The molecule has 1 aliphatic rings. The van der Waals surface area contributed by atoms with Gasteiger partial charge in [0.05, 0.1) is 12.1 Å². The van der Waals surface area contributed by atoms with Crippen LogP contribution in [-0.4, -0.2) is 22.2 Å². The van der Waals surface area contributed by atoms with Crippen LogP contribution in [0.15, 0.2) is 18.2 Å². The molecule has 0 radical (unpaired) electrons. The molecule has 3 nitrogen and oxygen atoms in total. The van der Waals surface area contributed by atoms with Crippen LogP contribution >= 0.6 is 0 Å². The predicted octanol–water partition coefficient (Wildman–Crippen LogP) is 2.43. The Hall–Kier alpha value is -1.30. The van der Waals surface area contributed by atoms with Crippen molar-refractivity contribution in [3.05, 3.63) is 23.9 Å². The normalized spacial score (nSPS) is 24.9. The van der Waals surface area contributed by atoms with Crippen molar-refractivity contribution >= 4 is 5.82 Å². The van der Waals surface area contributed by atoms with Crippen molar-refractivity contribution < 1.29 is 18.3 Å². The van der Waals surface area contributed by atoms with Gasteiger partial charge in [0, 0.05) is 0 Å². The van der Waals surface area contributed by atoms with Crippen molar-refractivity contribution in [1.82, 2.24) is 4.98 Å². The second-order valence-corrected chi connectivity index (χ2v) is 4.15. The molecule has 1 aliphatic carbocycles. The number of aliphatic hydroxyl groups excluding tert-OH is 1. The summed E-state index contributed by atoms with van der Waals surface area (Å²) in [5.41, 5.74) is -0.921. The van der Waals surface area contributed by atoms with Crippen molar-refractivity contribution in [1.29, 1.82) is 0 Å². The van der Waals surface area contributed by atoms with Crippen LogP contribution in [0.4, 0.5) is 19.0 Å². The fraction of sp³-hybridized carbons (Fsp3) is 0.545. The highest BCUT2D eigenvalue weighted by Crippen LogP contribution is 2.29. The smallest absolute Gasteiger partial charge is 0.391 e. The molecule has 1 aromatic rings. The maximum atomic E-state index is 12.4. The topological polar surface area (TPSA) is 45.1 Å². The molecule has 0 aromatic carbocycles. The van der Waals surface area contributed by atoms with Crippen molar-refractivity contribution in [2.75, 3.05) is 5.32 Å². The Balaban J connectivity index is 2.11. The van der Waals surface area contributed by atoms with Gasteiger partial charge in [-0.05, 0) is 31.4 Å². The van der Waals surface area contributed by atoms with E-state index >= 15 is 0 Å². The highest BCUT2D eigenvalue weighted by molar-refractivity contribution is 5.37. The van der Waals surface area contributed by atoms with Gasteiger partial charge in [0.25, 0.3) is 0 Å². The lowest BCUT2D eigenvalue weighted by Crippen LogP contribution is -2.28. The monoisotopic (exact) mass is 246 g/mol. The van der Waals surface area contributed by atoms with E-state index in [0.29, 0.717) is 6.42 Å². The predicted molar refractivity (Wildman–Crippen MR) is 56.5 cm³/mol. The summed E-state index contributed by atoms with van der Waals surface area (Å²) in [5.74, 6) is 0.158. The molecule has 6 heteroatoms. The molecular formula is C11H13F3N2O. The number of anilines is 1. The number of nitrogens with zero attached hydrogens (tertiary/aromatic N) is 1. The van der Waals surface area contributed by atoms with E-state index in [9.17, 15) is 18.3 Å². The minimum Gasteiger partial charge on any atom is -0.391 e. The van der Waals surface area contributed by atoms with Gasteiger partial charge in [-0.25, -0.2) is 4.98 Å². The molecule has 0 unspecified atom stereocenters. The molecule has 0 saturated heterocycles. The fourth-order valence-electron chi connectivity index (χ4n) is 1.97. The zero-order valence-corrected chi connectivity index (χ0v) is 9.04. The molecule has 0 spiro atoms. The van der Waals surface area contributed by atoms with Gasteiger partial charge in [-0.15, -0.1) is 0 Å². The molecule has 1 heterocycles. The summed E-state index contributed by atoms with van der Waals surface area (Å²) < 4.78 is 37.3. The molecule has 94 valence electrons. The second-order valence-electron chi connectivity index (χ2n) is 4.15. The lowest BCUT2D eigenvalue weighted by Gasteiger charge is -2.17. The van der Waals surface area contributed by atoms with Crippen molar-refractivity contribution in [2.24, 2.45) is 0 Å². The molecule has 2 N–H and O–H groups in total. The van der Waals surface area contributed by atoms with Crippen LogP contribution in [-0.2, 0) is 6.18 Å². The Labute approximate surface area is 96.7 Å². The molecule has 1 fully saturated rings. The van der Waals surface area contributed by atoms with E-state index in [4.69, 9.17) is 0 Å². The van der Waals surface area contributed by atoms with Crippen LogP contribution in [0, 0.1) is 0 Å². The van der Waals surface area contributed by atoms with E-state index in [1.54, 1.807) is 0 Å². The lowest BCUT2D eigenvalue weighted by molar-refractivity contribution is -0.141. The lowest BCUT2D eigenvalue weighted by atomic mass is 10.2. The van der Waals surface area contributed by atoms with E-state index in [1.165, 1.54) is 12.1 Å². The molecule has 0 amide bonds. The Morgan fingerprint density at radius 1 is 1.29 bits per heavy atom. The number of pyridine rings is 1. The molecule has 0 aliphatic heterocycles. The van der Waals surface area contributed by atoms with E-state index in [-0.39, 0.29) is 11.9 Å². The van der Waals surface area contributed by atoms with Crippen LogP contribution in [0.5, 0.6) is 0 Å². The largest absolute Gasteiger partial charge is 0.433 e. The highest BCUT2D eigenvalue weighted by Gasteiger charge is 2.33. The Bertz CT molecular complexity index is 395. The number of halogens is 3. The Kier molecular flexibility index (Phi) is 3.24. The number of hydrogen-bond donors (Lipinski definition) is 2. The summed E-state index contributed by atoms with van der Waals surface area (Å²) in [6.07, 6.45) is -2.65. The van der Waals surface area contributed by atoms with Gasteiger partial charge in [-0.2, -0.15) is 13.2 Å². The quantitative estimate of drug-likeness (QED) is 0.842. The summed E-state index contributed by atoms with van der Waals surface area (Å²) in [6.45, 7) is 0. The molecular weight excluding hydrogens is 233 g/mol. The van der Waals surface area contributed by atoms with Gasteiger partial charge in [-0.1, -0.05) is 6.07 Å². The van der Waals surface area contributed by atoms with Gasteiger partial charge in [0.2, 0.25) is 0 Å². The minimum atomic E-state index is -4.44. The summed E-state index contributed by atoms with van der Waals surface area (Å²) in [5, 5.41) is 12.4. The minimum absolute atomic E-state index is 0.158. The first-order valence-corrected chi connectivity index (χ1v) is 5.45. The SMILES string of the molecule is O[C@H]1CCC[C@H]1Nc1cccc(C(F)(F)F)n1. The van der Waals surface area contributed by atoms with Gasteiger partial charge in [0.15, 0.2) is 0 Å². The molecule has 2 atom stereocenters. The van der Waals surface area contributed by atoms with E-state index in [2.05, 4.69) is 10.3 Å². The number of aliphatic hydroxyl groups is 1. The third kappa shape index (κ3) is 2.88. The van der Waals surface area contributed by atoms with Gasteiger partial charge in [-0.3, -0.25) is 0 Å². The van der Waals surface area contributed by atoms with E-state index in [1.807, 2.05) is 0 Å². The van der Waals surface area contributed by atoms with Gasteiger partial charge >= 0.3 is 6.18 Å². The van der Waals surface area contributed by atoms with Crippen molar-refractivity contribution in [2.45, 2.75) is 37.6 Å². The number of rotatable bonds is 2. The summed E-state index contributed by atoms with van der Waals surface area (Å²) >= 11 is 0. The Morgan fingerprint density at radius 3 is 2.65 bits per heavy atom. The average Bonchev–Trinajstić information content (AvgIpc) is 2.64. The maximum Gasteiger partial charge on any atom is 0.433 e. The van der Waals surface area contributed by atoms with Gasteiger partial charge in [0.1, 0.15) is 11.5 Å². The maximum absolute atomic E-state index is 12.4. The summed E-state index contributed by atoms with van der Waals surface area (Å²) in [7, 11) is 0. The molecule has 0 bridgehead atoms. The molecule has 17 heavy (non-hydrogen) atoms. The van der Waals surface area contributed by atoms with Crippen LogP contribution in [0.1, 0.15) is 25.0 Å². The Morgan fingerprint density at radius 2 is 2.06 bits per heavy atom. The first-order valence-electron chi connectivity index (χ1n) is 5.45. The van der Waals surface area contributed by atoms with Crippen LogP contribution in [0.2, 0.25) is 0 Å². The van der Waals surface area contributed by atoms with Crippen molar-refractivity contribution in [3.8, 4) is 0 Å². The van der Waals surface area contributed by atoms with E-state index in [0.717, 1.165) is 18.9 Å². The molecule has 2 rings (SSSR count). The number of aromatic nitrogens is 1. The number of hydrogen-bond acceptors (Lipinski definition) is 3. The standard InChI is InChI=1S/C11H13F3N2O/c12-11(13,14)9-5-2-6-10(16-9)15-7-3-1-4-8(7)17/h2,5-8,17H,1,3-4H2,(H,15,16)/t7-,8+/m1/s1. The number of alkyl halides is 3. The number of nitrogens with one attached hydrogen (secondary N) is 1. The van der Waals surface area contributed by atoms with Crippen LogP contribution in [0.25, 0.3) is 0 Å². The second kappa shape index (κ2) is 4.52. The molecule has 1 aromatic heterocycles. The zero-order chi connectivity index (χ0) is 12.5. The third-order valence-electron chi connectivity index (χ3n) is 2.85. The van der Waals surface area contributed by atoms with Crippen LogP contribution in [0.3, 0.4) is 0 Å². The first kappa shape index (κ1) is 12.2. The first-order chi connectivity index (χ1) is 7.97. The van der Waals surface area contributed by atoms with Crippen LogP contribution < -0.4 is 5.32 Å². The summed E-state index contributed by atoms with van der Waals surface area (Å²) in [4.78, 5) is 3.49. The summed E-state index contributed by atoms with van der Waals surface area (Å²) in [6, 6.07) is 3.50. The van der Waals surface area contributed by atoms with Gasteiger partial charge < -0.3 is 10.4 Å². The van der Waals surface area contributed by atoms with E-state index < -0.39 is 18.0 Å². The average molecular weight is 246 g/mol.